The summed E-state index contributed by atoms with van der Waals surface area (Å²) < 4.78 is 6.19. The predicted octanol–water partition coefficient (Wildman–Crippen LogP) is 0.685. The molecule has 0 aliphatic carbocycles. The van der Waals surface area contributed by atoms with Crippen LogP contribution in [0.3, 0.4) is 0 Å². The summed E-state index contributed by atoms with van der Waals surface area (Å²) in [5.41, 5.74) is 0. The number of nitrogens with zero attached hydrogens (tertiary/aromatic N) is 2. The van der Waals surface area contributed by atoms with Crippen LogP contribution in [0.25, 0.3) is 0 Å². The summed E-state index contributed by atoms with van der Waals surface area (Å²) in [7, 11) is 3.22. The fraction of sp³-hybridized carbons (Fsp3) is 0.429. The molecule has 0 amide bonds. The van der Waals surface area contributed by atoms with Crippen molar-refractivity contribution >= 4 is 17.7 Å². The van der Waals surface area contributed by atoms with E-state index in [4.69, 9.17) is 0 Å². The zero-order valence-corrected chi connectivity index (χ0v) is 7.80. The molecule has 0 aliphatic heterocycles. The molecule has 0 fully saturated rings. The van der Waals surface area contributed by atoms with Gasteiger partial charge in [0, 0.05) is 18.1 Å². The van der Waals surface area contributed by atoms with Crippen molar-refractivity contribution in [3.05, 3.63) is 12.4 Å². The van der Waals surface area contributed by atoms with Crippen molar-refractivity contribution < 1.29 is 9.53 Å². The van der Waals surface area contributed by atoms with Gasteiger partial charge in [0.15, 0.2) is 0 Å². The lowest BCUT2D eigenvalue weighted by molar-refractivity contribution is -0.137. The van der Waals surface area contributed by atoms with E-state index in [1.54, 1.807) is 10.9 Å². The Labute approximate surface area is 74.9 Å². The maximum absolute atomic E-state index is 10.7. The van der Waals surface area contributed by atoms with Crippen LogP contribution >= 0.6 is 11.8 Å². The SMILES string of the molecule is COC(=O)CSc1cnn(C)c1. The van der Waals surface area contributed by atoms with Gasteiger partial charge in [-0.15, -0.1) is 11.8 Å². The van der Waals surface area contributed by atoms with Gasteiger partial charge >= 0.3 is 5.97 Å². The van der Waals surface area contributed by atoms with E-state index in [2.05, 4.69) is 9.84 Å². The van der Waals surface area contributed by atoms with E-state index in [0.29, 0.717) is 5.75 Å². The van der Waals surface area contributed by atoms with Crippen LogP contribution in [0, 0.1) is 0 Å². The number of hydrogen-bond donors (Lipinski definition) is 0. The van der Waals surface area contributed by atoms with Crippen molar-refractivity contribution in [2.75, 3.05) is 12.9 Å². The van der Waals surface area contributed by atoms with Crippen LogP contribution in [-0.2, 0) is 16.6 Å². The Morgan fingerprint density at radius 1 is 1.83 bits per heavy atom. The molecule has 0 aliphatic rings. The molecule has 1 rings (SSSR count). The van der Waals surface area contributed by atoms with Gasteiger partial charge < -0.3 is 4.74 Å². The first kappa shape index (κ1) is 9.12. The Balaban J connectivity index is 2.38. The van der Waals surface area contributed by atoms with Crippen LogP contribution in [0.4, 0.5) is 0 Å². The number of carbonyl (C=O) groups is 1. The van der Waals surface area contributed by atoms with Gasteiger partial charge in [0.05, 0.1) is 19.1 Å². The van der Waals surface area contributed by atoms with Gasteiger partial charge in [-0.05, 0) is 0 Å². The quantitative estimate of drug-likeness (QED) is 0.514. The monoisotopic (exact) mass is 186 g/mol. The van der Waals surface area contributed by atoms with Crippen molar-refractivity contribution in [3.8, 4) is 0 Å². The largest absolute Gasteiger partial charge is 0.468 e. The second-order valence-electron chi connectivity index (χ2n) is 2.21. The Morgan fingerprint density at radius 3 is 3.08 bits per heavy atom. The number of aryl methyl sites for hydroxylation is 1. The van der Waals surface area contributed by atoms with E-state index >= 15 is 0 Å². The van der Waals surface area contributed by atoms with Crippen LogP contribution in [0.5, 0.6) is 0 Å². The van der Waals surface area contributed by atoms with Crippen molar-refractivity contribution in [2.45, 2.75) is 4.90 Å². The Hall–Kier alpha value is -0.970. The van der Waals surface area contributed by atoms with Gasteiger partial charge in [-0.1, -0.05) is 0 Å². The van der Waals surface area contributed by atoms with Crippen LogP contribution in [-0.4, -0.2) is 28.6 Å². The van der Waals surface area contributed by atoms with E-state index in [1.807, 2.05) is 13.2 Å². The average molecular weight is 186 g/mol. The molecule has 0 spiro atoms. The first-order valence-corrected chi connectivity index (χ1v) is 4.39. The average Bonchev–Trinajstić information content (AvgIpc) is 2.47. The zero-order valence-electron chi connectivity index (χ0n) is 6.98. The summed E-state index contributed by atoms with van der Waals surface area (Å²) in [5, 5.41) is 3.96. The molecule has 0 saturated carbocycles. The van der Waals surface area contributed by atoms with Crippen molar-refractivity contribution in [1.82, 2.24) is 9.78 Å². The highest BCUT2D eigenvalue weighted by Crippen LogP contribution is 2.15. The molecule has 1 aromatic heterocycles. The third-order valence-corrected chi connectivity index (χ3v) is 2.19. The maximum atomic E-state index is 10.7. The minimum atomic E-state index is -0.219. The van der Waals surface area contributed by atoms with Gasteiger partial charge in [0.1, 0.15) is 0 Å². The number of methoxy groups -OCH3 is 1. The molecule has 1 aromatic rings. The van der Waals surface area contributed by atoms with Crippen molar-refractivity contribution in [1.29, 1.82) is 0 Å². The second kappa shape index (κ2) is 4.15. The van der Waals surface area contributed by atoms with Gasteiger partial charge in [-0.3, -0.25) is 9.48 Å². The highest BCUT2D eigenvalue weighted by molar-refractivity contribution is 8.00. The molecule has 0 N–H and O–H groups in total. The summed E-state index contributed by atoms with van der Waals surface area (Å²) in [6.45, 7) is 0. The highest BCUT2D eigenvalue weighted by Gasteiger charge is 2.02. The first-order valence-electron chi connectivity index (χ1n) is 3.40. The van der Waals surface area contributed by atoms with Gasteiger partial charge in [-0.2, -0.15) is 5.10 Å². The molecule has 0 aromatic carbocycles. The van der Waals surface area contributed by atoms with E-state index in [-0.39, 0.29) is 5.97 Å². The molecule has 0 saturated heterocycles. The minimum absolute atomic E-state index is 0.219. The summed E-state index contributed by atoms with van der Waals surface area (Å²) in [6, 6.07) is 0. The molecular formula is C7H10N2O2S. The highest BCUT2D eigenvalue weighted by atomic mass is 32.2. The van der Waals surface area contributed by atoms with Crippen molar-refractivity contribution in [3.63, 3.8) is 0 Å². The Morgan fingerprint density at radius 2 is 2.58 bits per heavy atom. The molecule has 0 bridgehead atoms. The predicted molar refractivity (Wildman–Crippen MR) is 45.9 cm³/mol. The Bertz CT molecular complexity index is 272. The lowest BCUT2D eigenvalue weighted by Crippen LogP contribution is -2.02. The summed E-state index contributed by atoms with van der Waals surface area (Å²) >= 11 is 1.42. The molecule has 0 radical (unpaired) electrons. The van der Waals surface area contributed by atoms with Crippen LogP contribution in [0.15, 0.2) is 17.3 Å². The molecular weight excluding hydrogens is 176 g/mol. The minimum Gasteiger partial charge on any atom is -0.468 e. The van der Waals surface area contributed by atoms with Gasteiger partial charge in [0.25, 0.3) is 0 Å². The number of aromatic nitrogens is 2. The molecule has 0 atom stereocenters. The van der Waals surface area contributed by atoms with Gasteiger partial charge in [0.2, 0.25) is 0 Å². The zero-order chi connectivity index (χ0) is 8.97. The fourth-order valence-electron chi connectivity index (χ4n) is 0.675. The Kier molecular flexibility index (Phi) is 3.16. The number of ether oxygens (including phenoxy) is 1. The molecule has 1 heterocycles. The number of rotatable bonds is 3. The van der Waals surface area contributed by atoms with E-state index < -0.39 is 0 Å². The maximum Gasteiger partial charge on any atom is 0.315 e. The van der Waals surface area contributed by atoms with Crippen molar-refractivity contribution in [2.24, 2.45) is 7.05 Å². The molecule has 5 heteroatoms. The van der Waals surface area contributed by atoms with E-state index in [9.17, 15) is 4.79 Å². The fourth-order valence-corrected chi connectivity index (χ4v) is 1.43. The number of hydrogen-bond acceptors (Lipinski definition) is 4. The third-order valence-electron chi connectivity index (χ3n) is 1.27. The summed E-state index contributed by atoms with van der Waals surface area (Å²) in [6.07, 6.45) is 3.57. The lowest BCUT2D eigenvalue weighted by atomic mass is 10.7. The topological polar surface area (TPSA) is 44.1 Å². The van der Waals surface area contributed by atoms with Gasteiger partial charge in [-0.25, -0.2) is 0 Å². The summed E-state index contributed by atoms with van der Waals surface area (Å²) in [5.74, 6) is 0.117. The smallest absolute Gasteiger partial charge is 0.315 e. The number of esters is 1. The molecule has 0 unspecified atom stereocenters. The second-order valence-corrected chi connectivity index (χ2v) is 3.26. The van der Waals surface area contributed by atoms with E-state index in [0.717, 1.165) is 4.90 Å². The molecule has 66 valence electrons. The molecule has 12 heavy (non-hydrogen) atoms. The lowest BCUT2D eigenvalue weighted by Gasteiger charge is -1.95. The summed E-state index contributed by atoms with van der Waals surface area (Å²) in [4.78, 5) is 11.7. The van der Waals surface area contributed by atoms with Crippen LogP contribution < -0.4 is 0 Å². The standard InChI is InChI=1S/C7H10N2O2S/c1-9-4-6(3-8-9)12-5-7(10)11-2/h3-4H,5H2,1-2H3. The first-order chi connectivity index (χ1) is 5.72. The normalized spacial score (nSPS) is 9.83. The van der Waals surface area contributed by atoms with Crippen LogP contribution in [0.2, 0.25) is 0 Å². The third kappa shape index (κ3) is 2.58. The molecule has 4 nitrogen and oxygen atoms in total. The number of carbonyl (C=O) groups excluding carboxylic acids is 1. The van der Waals surface area contributed by atoms with E-state index in [1.165, 1.54) is 18.9 Å². The van der Waals surface area contributed by atoms with Crippen LogP contribution in [0.1, 0.15) is 0 Å². The number of thioether (sulfide) groups is 1.